The van der Waals surface area contributed by atoms with E-state index in [0.717, 1.165) is 27.2 Å². The molecule has 6 nitrogen and oxygen atoms in total. The summed E-state index contributed by atoms with van der Waals surface area (Å²) >= 11 is 8.58. The Morgan fingerprint density at radius 2 is 2.09 bits per heavy atom. The molecule has 0 saturated carbocycles. The summed E-state index contributed by atoms with van der Waals surface area (Å²) in [7, 11) is 1.84. The van der Waals surface area contributed by atoms with Crippen LogP contribution in [0.5, 0.6) is 0 Å². The van der Waals surface area contributed by atoms with Gasteiger partial charge in [0.25, 0.3) is 0 Å². The largest absolute Gasteiger partial charge is 0.353 e. The van der Waals surface area contributed by atoms with Gasteiger partial charge in [-0.05, 0) is 44.3 Å². The van der Waals surface area contributed by atoms with Crippen LogP contribution in [0, 0.1) is 13.8 Å². The molecule has 0 saturated heterocycles. The Morgan fingerprint density at radius 3 is 2.70 bits per heavy atom. The molecule has 0 radical (unpaired) electrons. The number of anilines is 2. The lowest BCUT2D eigenvalue weighted by Crippen LogP contribution is -2.35. The van der Waals surface area contributed by atoms with Crippen LogP contribution in [0.3, 0.4) is 0 Å². The average Bonchev–Trinajstić information content (AvgIpc) is 2.72. The number of aromatic nitrogens is 2. The standard InChI is InChI=1S/C15H18BrN5OS/c1-9-14(10(2)21(3)20-9)19-13(22)8-17-15(23)18-12-6-4-5-11(16)7-12/h4-7H,8H2,1-3H3,(H,19,22)(H2,17,18,23). The van der Waals surface area contributed by atoms with Gasteiger partial charge < -0.3 is 16.0 Å². The van der Waals surface area contributed by atoms with E-state index >= 15 is 0 Å². The van der Waals surface area contributed by atoms with E-state index < -0.39 is 0 Å². The SMILES string of the molecule is Cc1nn(C)c(C)c1NC(=O)CNC(=S)Nc1cccc(Br)c1. The van der Waals surface area contributed by atoms with Crippen molar-refractivity contribution >= 4 is 50.5 Å². The van der Waals surface area contributed by atoms with E-state index in [0.29, 0.717) is 5.11 Å². The summed E-state index contributed by atoms with van der Waals surface area (Å²) in [5, 5.41) is 13.4. The van der Waals surface area contributed by atoms with Crippen LogP contribution < -0.4 is 16.0 Å². The summed E-state index contributed by atoms with van der Waals surface area (Å²) in [5.74, 6) is -0.178. The molecule has 1 aromatic heterocycles. The van der Waals surface area contributed by atoms with Crippen molar-refractivity contribution in [1.82, 2.24) is 15.1 Å². The molecule has 122 valence electrons. The third kappa shape index (κ3) is 4.77. The fraction of sp³-hybridized carbons (Fsp3) is 0.267. The number of aryl methyl sites for hydroxylation is 2. The highest BCUT2D eigenvalue weighted by Gasteiger charge is 2.12. The predicted molar refractivity (Wildman–Crippen MR) is 99.7 cm³/mol. The van der Waals surface area contributed by atoms with E-state index in [1.165, 1.54) is 0 Å². The molecule has 1 heterocycles. The quantitative estimate of drug-likeness (QED) is 0.694. The monoisotopic (exact) mass is 395 g/mol. The Kier molecular flexibility index (Phi) is 5.73. The molecule has 0 spiro atoms. The van der Waals surface area contributed by atoms with Gasteiger partial charge in [0.1, 0.15) is 0 Å². The number of halogens is 1. The van der Waals surface area contributed by atoms with Crippen LogP contribution in [0.2, 0.25) is 0 Å². The molecule has 2 rings (SSSR count). The molecule has 0 unspecified atom stereocenters. The van der Waals surface area contributed by atoms with Crippen molar-refractivity contribution in [3.8, 4) is 0 Å². The topological polar surface area (TPSA) is 71.0 Å². The maximum absolute atomic E-state index is 12.0. The number of hydrogen-bond donors (Lipinski definition) is 3. The van der Waals surface area contributed by atoms with Crippen molar-refractivity contribution in [3.63, 3.8) is 0 Å². The van der Waals surface area contributed by atoms with Crippen molar-refractivity contribution in [2.45, 2.75) is 13.8 Å². The van der Waals surface area contributed by atoms with Crippen molar-refractivity contribution in [1.29, 1.82) is 0 Å². The maximum Gasteiger partial charge on any atom is 0.243 e. The molecule has 0 fully saturated rings. The highest BCUT2D eigenvalue weighted by atomic mass is 79.9. The first-order chi connectivity index (χ1) is 10.9. The van der Waals surface area contributed by atoms with Crippen LogP contribution in [0.4, 0.5) is 11.4 Å². The second kappa shape index (κ2) is 7.56. The van der Waals surface area contributed by atoms with Crippen LogP contribution in [0.25, 0.3) is 0 Å². The second-order valence-corrected chi connectivity index (χ2v) is 6.36. The lowest BCUT2D eigenvalue weighted by molar-refractivity contribution is -0.115. The Balaban J connectivity index is 1.85. The Labute approximate surface area is 148 Å². The highest BCUT2D eigenvalue weighted by Crippen LogP contribution is 2.18. The summed E-state index contributed by atoms with van der Waals surface area (Å²) < 4.78 is 2.68. The number of carbonyl (C=O) groups is 1. The van der Waals surface area contributed by atoms with E-state index in [9.17, 15) is 4.79 Å². The number of amides is 1. The van der Waals surface area contributed by atoms with Crippen LogP contribution in [0.15, 0.2) is 28.7 Å². The van der Waals surface area contributed by atoms with Gasteiger partial charge in [0, 0.05) is 17.2 Å². The molecule has 0 aliphatic rings. The van der Waals surface area contributed by atoms with Gasteiger partial charge in [-0.2, -0.15) is 5.10 Å². The van der Waals surface area contributed by atoms with E-state index in [4.69, 9.17) is 12.2 Å². The Bertz CT molecular complexity index is 743. The van der Waals surface area contributed by atoms with Crippen molar-refractivity contribution in [2.75, 3.05) is 17.2 Å². The van der Waals surface area contributed by atoms with Crippen LogP contribution >= 0.6 is 28.1 Å². The summed E-state index contributed by atoms with van der Waals surface area (Å²) in [6.07, 6.45) is 0. The van der Waals surface area contributed by atoms with Gasteiger partial charge >= 0.3 is 0 Å². The normalized spacial score (nSPS) is 10.3. The van der Waals surface area contributed by atoms with Crippen molar-refractivity contribution < 1.29 is 4.79 Å². The molecule has 0 atom stereocenters. The number of nitrogens with zero attached hydrogens (tertiary/aromatic N) is 2. The van der Waals surface area contributed by atoms with Gasteiger partial charge in [0.15, 0.2) is 5.11 Å². The zero-order chi connectivity index (χ0) is 17.0. The maximum atomic E-state index is 12.0. The molecule has 0 aliphatic carbocycles. The van der Waals surface area contributed by atoms with Gasteiger partial charge in [-0.1, -0.05) is 22.0 Å². The van der Waals surface area contributed by atoms with E-state index in [-0.39, 0.29) is 12.5 Å². The van der Waals surface area contributed by atoms with Crippen molar-refractivity contribution in [2.24, 2.45) is 7.05 Å². The van der Waals surface area contributed by atoms with Gasteiger partial charge in [-0.25, -0.2) is 0 Å². The first-order valence-corrected chi connectivity index (χ1v) is 8.17. The van der Waals surface area contributed by atoms with E-state index in [1.807, 2.05) is 45.2 Å². The second-order valence-electron chi connectivity index (χ2n) is 5.04. The third-order valence-electron chi connectivity index (χ3n) is 3.27. The smallest absolute Gasteiger partial charge is 0.243 e. The summed E-state index contributed by atoms with van der Waals surface area (Å²) in [5.41, 5.74) is 3.28. The van der Waals surface area contributed by atoms with E-state index in [1.54, 1.807) is 4.68 Å². The zero-order valence-electron chi connectivity index (χ0n) is 13.1. The molecule has 8 heteroatoms. The number of hydrogen-bond acceptors (Lipinski definition) is 3. The van der Waals surface area contributed by atoms with Crippen molar-refractivity contribution in [3.05, 3.63) is 40.1 Å². The molecular weight excluding hydrogens is 378 g/mol. The van der Waals surface area contributed by atoms with Crippen LogP contribution in [0.1, 0.15) is 11.4 Å². The molecule has 1 amide bonds. The summed E-state index contributed by atoms with van der Waals surface area (Å²) in [4.78, 5) is 12.0. The highest BCUT2D eigenvalue weighted by molar-refractivity contribution is 9.10. The lowest BCUT2D eigenvalue weighted by Gasteiger charge is -2.11. The van der Waals surface area contributed by atoms with Gasteiger partial charge in [0.2, 0.25) is 5.91 Å². The Hall–Kier alpha value is -1.93. The van der Waals surface area contributed by atoms with Gasteiger partial charge in [-0.3, -0.25) is 9.48 Å². The van der Waals surface area contributed by atoms with Gasteiger partial charge in [-0.15, -0.1) is 0 Å². The van der Waals surface area contributed by atoms with Crippen LogP contribution in [-0.4, -0.2) is 27.3 Å². The summed E-state index contributed by atoms with van der Waals surface area (Å²) in [6.45, 7) is 3.84. The minimum atomic E-state index is -0.178. The summed E-state index contributed by atoms with van der Waals surface area (Å²) in [6, 6.07) is 7.61. The third-order valence-corrected chi connectivity index (χ3v) is 4.01. The molecule has 0 aliphatic heterocycles. The lowest BCUT2D eigenvalue weighted by atomic mass is 10.3. The van der Waals surface area contributed by atoms with Gasteiger partial charge in [0.05, 0.1) is 23.6 Å². The van der Waals surface area contributed by atoms with Crippen LogP contribution in [-0.2, 0) is 11.8 Å². The number of benzene rings is 1. The first kappa shape index (κ1) is 17.4. The zero-order valence-corrected chi connectivity index (χ0v) is 15.5. The fourth-order valence-corrected chi connectivity index (χ4v) is 2.63. The number of thiocarbonyl (C=S) groups is 1. The first-order valence-electron chi connectivity index (χ1n) is 6.97. The average molecular weight is 396 g/mol. The molecule has 0 bridgehead atoms. The number of carbonyl (C=O) groups excluding carboxylic acids is 1. The predicted octanol–water partition coefficient (Wildman–Crippen LogP) is 2.72. The molecule has 23 heavy (non-hydrogen) atoms. The molecule has 3 N–H and O–H groups in total. The van der Waals surface area contributed by atoms with E-state index in [2.05, 4.69) is 37.0 Å². The Morgan fingerprint density at radius 1 is 1.35 bits per heavy atom. The fourth-order valence-electron chi connectivity index (χ4n) is 2.04. The molecule has 2 aromatic rings. The minimum absolute atomic E-state index is 0.0770. The number of rotatable bonds is 4. The molecule has 1 aromatic carbocycles. The molecular formula is C15H18BrN5OS. The number of nitrogens with one attached hydrogen (secondary N) is 3. The minimum Gasteiger partial charge on any atom is -0.353 e.